The van der Waals surface area contributed by atoms with E-state index in [2.05, 4.69) is 13.8 Å². The van der Waals surface area contributed by atoms with Crippen LogP contribution in [0.3, 0.4) is 0 Å². The lowest BCUT2D eigenvalue weighted by Gasteiger charge is -2.40. The zero-order chi connectivity index (χ0) is 26.9. The van der Waals surface area contributed by atoms with Crippen molar-refractivity contribution < 1.29 is 28.5 Å². The molecule has 202 valence electrons. The van der Waals surface area contributed by atoms with Gasteiger partial charge in [-0.3, -0.25) is 0 Å². The fraction of sp³-hybridized carbons (Fsp3) is 0.364. The van der Waals surface area contributed by atoms with Crippen LogP contribution < -0.4 is 14.2 Å². The van der Waals surface area contributed by atoms with E-state index in [4.69, 9.17) is 23.7 Å². The minimum atomic E-state index is -0.390. The normalized spacial score (nSPS) is 17.3. The molecule has 0 aliphatic carbocycles. The van der Waals surface area contributed by atoms with Crippen molar-refractivity contribution in [1.29, 1.82) is 0 Å². The maximum atomic E-state index is 13.0. The van der Waals surface area contributed by atoms with E-state index in [9.17, 15) is 4.79 Å². The van der Waals surface area contributed by atoms with Crippen LogP contribution in [-0.4, -0.2) is 45.6 Å². The van der Waals surface area contributed by atoms with Gasteiger partial charge in [-0.15, -0.1) is 0 Å². The van der Waals surface area contributed by atoms with Crippen molar-refractivity contribution >= 4 is 27.5 Å². The number of hydrogen-bond acceptors (Lipinski definition) is 6. The van der Waals surface area contributed by atoms with Gasteiger partial charge in [0.05, 0.1) is 56.0 Å². The molecule has 2 saturated heterocycles. The molecule has 6 rings (SSSR count). The lowest BCUT2D eigenvalue weighted by atomic mass is 9.84. The molecule has 4 aromatic carbocycles. The average molecular weight is 527 g/mol. The Bertz CT molecular complexity index is 1490. The van der Waals surface area contributed by atoms with Gasteiger partial charge in [-0.2, -0.15) is 0 Å². The maximum Gasteiger partial charge on any atom is 0.343 e. The number of benzene rings is 4. The van der Waals surface area contributed by atoms with Gasteiger partial charge >= 0.3 is 5.97 Å². The SMILES string of the molecule is CCC1(COc2ccc3cc(OC(=O)c4ccc5cc(OCC6(CC)COC6)ccc5c4)ccc3c2)COC1. The Hall–Kier alpha value is -3.61. The van der Waals surface area contributed by atoms with Gasteiger partial charge in [0, 0.05) is 0 Å². The maximum absolute atomic E-state index is 13.0. The summed E-state index contributed by atoms with van der Waals surface area (Å²) in [4.78, 5) is 13.0. The van der Waals surface area contributed by atoms with E-state index in [1.807, 2.05) is 66.7 Å². The molecule has 0 radical (unpaired) electrons. The Morgan fingerprint density at radius 2 is 1.08 bits per heavy atom. The topological polar surface area (TPSA) is 63.2 Å². The molecule has 0 spiro atoms. The van der Waals surface area contributed by atoms with Crippen LogP contribution in [0.1, 0.15) is 37.0 Å². The molecule has 6 heteroatoms. The first kappa shape index (κ1) is 25.7. The van der Waals surface area contributed by atoms with Crippen LogP contribution in [0.2, 0.25) is 0 Å². The molecule has 39 heavy (non-hydrogen) atoms. The lowest BCUT2D eigenvalue weighted by molar-refractivity contribution is -0.133. The van der Waals surface area contributed by atoms with Crippen molar-refractivity contribution in [3.63, 3.8) is 0 Å². The van der Waals surface area contributed by atoms with Gasteiger partial charge in [0.1, 0.15) is 17.2 Å². The molecule has 0 atom stereocenters. The van der Waals surface area contributed by atoms with Gasteiger partial charge in [-0.05, 0) is 82.9 Å². The van der Waals surface area contributed by atoms with E-state index in [0.717, 1.165) is 72.3 Å². The summed E-state index contributed by atoms with van der Waals surface area (Å²) in [5.41, 5.74) is 0.765. The Morgan fingerprint density at radius 3 is 1.54 bits per heavy atom. The minimum absolute atomic E-state index is 0.130. The first-order valence-electron chi connectivity index (χ1n) is 13.7. The van der Waals surface area contributed by atoms with Gasteiger partial charge in [0.25, 0.3) is 0 Å². The molecule has 4 aromatic rings. The number of hydrogen-bond donors (Lipinski definition) is 0. The number of fused-ring (bicyclic) bond motifs is 2. The van der Waals surface area contributed by atoms with Crippen LogP contribution in [0, 0.1) is 10.8 Å². The third-order valence-electron chi connectivity index (χ3n) is 8.26. The Kier molecular flexibility index (Phi) is 6.92. The number of rotatable bonds is 10. The Morgan fingerprint density at radius 1 is 0.641 bits per heavy atom. The van der Waals surface area contributed by atoms with Crippen LogP contribution in [0.5, 0.6) is 17.2 Å². The van der Waals surface area contributed by atoms with Crippen LogP contribution in [-0.2, 0) is 9.47 Å². The fourth-order valence-electron chi connectivity index (χ4n) is 5.00. The van der Waals surface area contributed by atoms with Crippen molar-refractivity contribution in [2.24, 2.45) is 10.8 Å². The molecular weight excluding hydrogens is 492 g/mol. The number of ether oxygens (including phenoxy) is 5. The summed E-state index contributed by atoms with van der Waals surface area (Å²) in [5, 5.41) is 3.98. The van der Waals surface area contributed by atoms with E-state index >= 15 is 0 Å². The smallest absolute Gasteiger partial charge is 0.343 e. The van der Waals surface area contributed by atoms with Crippen LogP contribution in [0.15, 0.2) is 72.8 Å². The van der Waals surface area contributed by atoms with E-state index in [-0.39, 0.29) is 16.8 Å². The van der Waals surface area contributed by atoms with Gasteiger partial charge in [0.2, 0.25) is 0 Å². The number of carbonyl (C=O) groups is 1. The van der Waals surface area contributed by atoms with Crippen molar-refractivity contribution in [1.82, 2.24) is 0 Å². The monoisotopic (exact) mass is 526 g/mol. The molecule has 0 saturated carbocycles. The highest BCUT2D eigenvalue weighted by molar-refractivity contribution is 5.97. The van der Waals surface area contributed by atoms with Gasteiger partial charge < -0.3 is 23.7 Å². The van der Waals surface area contributed by atoms with E-state index in [0.29, 0.717) is 24.5 Å². The van der Waals surface area contributed by atoms with E-state index in [1.165, 1.54) is 0 Å². The third-order valence-corrected chi connectivity index (χ3v) is 8.26. The third kappa shape index (κ3) is 5.32. The van der Waals surface area contributed by atoms with Crippen LogP contribution in [0.25, 0.3) is 21.5 Å². The first-order chi connectivity index (χ1) is 19.0. The molecule has 0 N–H and O–H groups in total. The van der Waals surface area contributed by atoms with E-state index < -0.39 is 0 Å². The summed E-state index contributed by atoms with van der Waals surface area (Å²) in [6.45, 7) is 8.67. The molecule has 0 aromatic heterocycles. The van der Waals surface area contributed by atoms with Gasteiger partial charge in [-0.1, -0.05) is 38.1 Å². The van der Waals surface area contributed by atoms with Crippen molar-refractivity contribution in [2.75, 3.05) is 39.6 Å². The predicted molar refractivity (Wildman–Crippen MR) is 151 cm³/mol. The van der Waals surface area contributed by atoms with Crippen molar-refractivity contribution in [3.05, 3.63) is 78.4 Å². The molecule has 6 nitrogen and oxygen atoms in total. The summed E-state index contributed by atoms with van der Waals surface area (Å²) in [6, 6.07) is 23.1. The second-order valence-corrected chi connectivity index (χ2v) is 11.1. The highest BCUT2D eigenvalue weighted by Crippen LogP contribution is 2.34. The zero-order valence-corrected chi connectivity index (χ0v) is 22.5. The summed E-state index contributed by atoms with van der Waals surface area (Å²) in [7, 11) is 0. The molecule has 2 fully saturated rings. The second kappa shape index (κ2) is 10.5. The van der Waals surface area contributed by atoms with Crippen LogP contribution >= 0.6 is 0 Å². The summed E-state index contributed by atoms with van der Waals surface area (Å²) in [6.07, 6.45) is 2.08. The fourth-order valence-corrected chi connectivity index (χ4v) is 5.00. The highest BCUT2D eigenvalue weighted by atomic mass is 16.5. The standard InChI is InChI=1S/C33H34O6/c1-3-32(17-35-18-32)21-37-28-10-7-23-13-27(6-5-24(23)14-28)31(34)39-30-12-9-25-15-29(11-8-26(25)16-30)38-22-33(4-2)19-36-20-33/h5-16H,3-4,17-22H2,1-2H3. The molecule has 2 aliphatic rings. The Balaban J connectivity index is 1.10. The molecule has 0 amide bonds. The summed E-state index contributed by atoms with van der Waals surface area (Å²) >= 11 is 0. The molecule has 2 heterocycles. The predicted octanol–water partition coefficient (Wildman–Crippen LogP) is 6.82. The molecule has 0 bridgehead atoms. The molecule has 2 aliphatic heterocycles. The van der Waals surface area contributed by atoms with Gasteiger partial charge in [-0.25, -0.2) is 4.79 Å². The molecule has 0 unspecified atom stereocenters. The van der Waals surface area contributed by atoms with Crippen LogP contribution in [0.4, 0.5) is 0 Å². The van der Waals surface area contributed by atoms with Crippen molar-refractivity contribution in [3.8, 4) is 17.2 Å². The average Bonchev–Trinajstić information content (AvgIpc) is 2.92. The Labute approximate surface area is 228 Å². The minimum Gasteiger partial charge on any atom is -0.493 e. The number of esters is 1. The summed E-state index contributed by atoms with van der Waals surface area (Å²) in [5.74, 6) is 1.77. The van der Waals surface area contributed by atoms with E-state index in [1.54, 1.807) is 6.07 Å². The molecular formula is C33H34O6. The quantitative estimate of drug-likeness (QED) is 0.167. The largest absolute Gasteiger partial charge is 0.493 e. The lowest BCUT2D eigenvalue weighted by Crippen LogP contribution is -2.46. The highest BCUT2D eigenvalue weighted by Gasteiger charge is 2.38. The first-order valence-corrected chi connectivity index (χ1v) is 13.7. The second-order valence-electron chi connectivity index (χ2n) is 11.1. The zero-order valence-electron chi connectivity index (χ0n) is 22.5. The number of carbonyl (C=O) groups excluding carboxylic acids is 1. The van der Waals surface area contributed by atoms with Crippen molar-refractivity contribution in [2.45, 2.75) is 26.7 Å². The van der Waals surface area contributed by atoms with Gasteiger partial charge in [0.15, 0.2) is 0 Å². The summed E-state index contributed by atoms with van der Waals surface area (Å²) < 4.78 is 28.6.